The van der Waals surface area contributed by atoms with Gasteiger partial charge in [0, 0.05) is 23.2 Å². The highest BCUT2D eigenvalue weighted by Crippen LogP contribution is 2.28. The number of H-pyrrole nitrogens is 1. The third-order valence-electron chi connectivity index (χ3n) is 1.76. The molecule has 15 heavy (non-hydrogen) atoms. The van der Waals surface area contributed by atoms with Gasteiger partial charge in [0.25, 0.3) is 0 Å². The molecule has 0 atom stereocenters. The lowest BCUT2D eigenvalue weighted by Gasteiger charge is -1.86. The topological polar surface area (TPSA) is 88.9 Å². The van der Waals surface area contributed by atoms with Crippen molar-refractivity contribution in [3.05, 3.63) is 33.5 Å². The fourth-order valence-electron chi connectivity index (χ4n) is 1.09. The molecule has 0 saturated heterocycles. The first-order chi connectivity index (χ1) is 7.20. The van der Waals surface area contributed by atoms with Crippen molar-refractivity contribution >= 4 is 22.6 Å². The lowest BCUT2D eigenvalue weighted by molar-refractivity contribution is -0.380. The fourth-order valence-corrected chi connectivity index (χ4v) is 1.80. The molecule has 0 saturated carbocycles. The van der Waals surface area contributed by atoms with Gasteiger partial charge >= 0.3 is 5.00 Å². The zero-order valence-electron chi connectivity index (χ0n) is 7.34. The van der Waals surface area contributed by atoms with E-state index in [1.165, 1.54) is 12.3 Å². The summed E-state index contributed by atoms with van der Waals surface area (Å²) in [6.07, 6.45) is 2.06. The molecule has 0 aliphatic carbocycles. The van der Waals surface area contributed by atoms with Gasteiger partial charge in [-0.25, -0.2) is 4.98 Å². The van der Waals surface area contributed by atoms with E-state index in [9.17, 15) is 14.9 Å². The second kappa shape index (κ2) is 3.62. The Labute approximate surface area is 87.7 Å². The van der Waals surface area contributed by atoms with Crippen molar-refractivity contribution < 1.29 is 9.72 Å². The Morgan fingerprint density at radius 2 is 2.40 bits per heavy atom. The molecule has 0 unspecified atom stereocenters. The summed E-state index contributed by atoms with van der Waals surface area (Å²) < 4.78 is 0. The zero-order chi connectivity index (χ0) is 10.8. The van der Waals surface area contributed by atoms with Crippen molar-refractivity contribution in [2.75, 3.05) is 0 Å². The van der Waals surface area contributed by atoms with Gasteiger partial charge in [-0.3, -0.25) is 14.9 Å². The molecule has 0 spiro atoms. The average molecular weight is 223 g/mol. The number of imidazole rings is 1. The highest BCUT2D eigenvalue weighted by atomic mass is 32.1. The van der Waals surface area contributed by atoms with Gasteiger partial charge in [-0.1, -0.05) is 11.3 Å². The maximum Gasteiger partial charge on any atom is 0.324 e. The zero-order valence-corrected chi connectivity index (χ0v) is 8.15. The molecular weight excluding hydrogens is 218 g/mol. The van der Waals surface area contributed by atoms with Crippen LogP contribution < -0.4 is 0 Å². The Balaban J connectivity index is 2.36. The summed E-state index contributed by atoms with van der Waals surface area (Å²) in [7, 11) is 0. The summed E-state index contributed by atoms with van der Waals surface area (Å²) in [5.41, 5.74) is 0.888. The molecular formula is C8H5N3O3S. The molecule has 0 aliphatic rings. The molecule has 0 radical (unpaired) electrons. The summed E-state index contributed by atoms with van der Waals surface area (Å²) >= 11 is 1.02. The van der Waals surface area contributed by atoms with Crippen molar-refractivity contribution in [1.29, 1.82) is 0 Å². The van der Waals surface area contributed by atoms with Crippen LogP contribution in [-0.4, -0.2) is 21.2 Å². The number of nitrogens with zero attached hydrogens (tertiary/aromatic N) is 2. The minimum atomic E-state index is -0.461. The second-order valence-electron chi connectivity index (χ2n) is 2.72. The summed E-state index contributed by atoms with van der Waals surface area (Å²) in [6.45, 7) is 0. The van der Waals surface area contributed by atoms with Crippen LogP contribution in [-0.2, 0) is 0 Å². The minimum Gasteiger partial charge on any atom is -0.344 e. The van der Waals surface area contributed by atoms with E-state index in [1.54, 1.807) is 5.38 Å². The maximum absolute atomic E-state index is 10.4. The Morgan fingerprint density at radius 1 is 1.60 bits per heavy atom. The summed E-state index contributed by atoms with van der Waals surface area (Å²) in [5, 5.41) is 12.1. The van der Waals surface area contributed by atoms with Crippen LogP contribution in [0.5, 0.6) is 0 Å². The number of hydrogen-bond acceptors (Lipinski definition) is 5. The van der Waals surface area contributed by atoms with Crippen molar-refractivity contribution in [3.8, 4) is 11.4 Å². The number of aldehydes is 1. The van der Waals surface area contributed by atoms with Crippen LogP contribution in [0, 0.1) is 10.1 Å². The summed E-state index contributed by atoms with van der Waals surface area (Å²) in [5.74, 6) is 0.460. The standard InChI is InChI=1S/C8H5N3O3S/c12-3-6-2-9-8(10-6)5-1-7(11(13)14)15-4-5/h1-4H,(H,9,10). The first kappa shape index (κ1) is 9.53. The largest absolute Gasteiger partial charge is 0.344 e. The molecule has 1 N–H and O–H groups in total. The quantitative estimate of drug-likeness (QED) is 0.488. The SMILES string of the molecule is O=Cc1c[nH]c(-c2csc([N+](=O)[O-])c2)n1. The number of rotatable bonds is 3. The van der Waals surface area contributed by atoms with Gasteiger partial charge in [0.15, 0.2) is 6.29 Å². The first-order valence-corrected chi connectivity index (χ1v) is 4.82. The van der Waals surface area contributed by atoms with Gasteiger partial charge in [0.05, 0.1) is 4.92 Å². The number of aromatic nitrogens is 2. The number of carbonyl (C=O) groups is 1. The van der Waals surface area contributed by atoms with Gasteiger partial charge in [0.1, 0.15) is 11.5 Å². The number of carbonyl (C=O) groups excluding carboxylic acids is 1. The van der Waals surface area contributed by atoms with Crippen LogP contribution in [0.3, 0.4) is 0 Å². The third kappa shape index (κ3) is 1.77. The highest BCUT2D eigenvalue weighted by molar-refractivity contribution is 7.13. The molecule has 76 valence electrons. The molecule has 6 nitrogen and oxygen atoms in total. The van der Waals surface area contributed by atoms with Crippen LogP contribution in [0.4, 0.5) is 5.00 Å². The van der Waals surface area contributed by atoms with Crippen molar-refractivity contribution in [2.45, 2.75) is 0 Å². The summed E-state index contributed by atoms with van der Waals surface area (Å²) in [6, 6.07) is 1.41. The van der Waals surface area contributed by atoms with Gasteiger partial charge in [-0.15, -0.1) is 0 Å². The van der Waals surface area contributed by atoms with Gasteiger partial charge in [-0.05, 0) is 0 Å². The molecule has 2 aromatic heterocycles. The van der Waals surface area contributed by atoms with E-state index in [1.807, 2.05) is 0 Å². The van der Waals surface area contributed by atoms with E-state index >= 15 is 0 Å². The lowest BCUT2D eigenvalue weighted by Crippen LogP contribution is -1.82. The van der Waals surface area contributed by atoms with E-state index in [-0.39, 0.29) is 10.7 Å². The molecule has 0 fully saturated rings. The third-order valence-corrected chi connectivity index (χ3v) is 2.64. The fraction of sp³-hybridized carbons (Fsp3) is 0. The van der Waals surface area contributed by atoms with Crippen molar-refractivity contribution in [1.82, 2.24) is 9.97 Å². The molecule has 0 aromatic carbocycles. The minimum absolute atomic E-state index is 0.0500. The Kier molecular flexibility index (Phi) is 2.30. The second-order valence-corrected chi connectivity index (χ2v) is 3.61. The predicted octanol–water partition coefficient (Wildman–Crippen LogP) is 1.86. The molecule has 0 amide bonds. The Bertz CT molecular complexity index is 517. The van der Waals surface area contributed by atoms with Gasteiger partial charge < -0.3 is 4.98 Å². The van der Waals surface area contributed by atoms with Crippen LogP contribution in [0.25, 0.3) is 11.4 Å². The molecule has 2 heterocycles. The molecule has 0 bridgehead atoms. The Hall–Kier alpha value is -2.02. The monoisotopic (exact) mass is 223 g/mol. The van der Waals surface area contributed by atoms with E-state index in [0.717, 1.165) is 11.3 Å². The predicted molar refractivity (Wildman–Crippen MR) is 53.9 cm³/mol. The van der Waals surface area contributed by atoms with Crippen LogP contribution in [0.1, 0.15) is 10.5 Å². The number of thiophene rings is 1. The first-order valence-electron chi connectivity index (χ1n) is 3.94. The van der Waals surface area contributed by atoms with E-state index < -0.39 is 4.92 Å². The average Bonchev–Trinajstić information content (AvgIpc) is 2.86. The number of nitro groups is 1. The van der Waals surface area contributed by atoms with Crippen molar-refractivity contribution in [2.24, 2.45) is 0 Å². The summed E-state index contributed by atoms with van der Waals surface area (Å²) in [4.78, 5) is 27.1. The van der Waals surface area contributed by atoms with Gasteiger partial charge in [0.2, 0.25) is 0 Å². The lowest BCUT2D eigenvalue weighted by atomic mass is 10.3. The normalized spacial score (nSPS) is 10.1. The Morgan fingerprint density at radius 3 is 2.93 bits per heavy atom. The smallest absolute Gasteiger partial charge is 0.324 e. The number of hydrogen-bond donors (Lipinski definition) is 1. The molecule has 2 aromatic rings. The maximum atomic E-state index is 10.4. The van der Waals surface area contributed by atoms with Crippen LogP contribution >= 0.6 is 11.3 Å². The van der Waals surface area contributed by atoms with E-state index in [4.69, 9.17) is 0 Å². The van der Waals surface area contributed by atoms with E-state index in [2.05, 4.69) is 9.97 Å². The molecule has 7 heteroatoms. The number of aromatic amines is 1. The van der Waals surface area contributed by atoms with E-state index in [0.29, 0.717) is 17.7 Å². The van der Waals surface area contributed by atoms with Crippen molar-refractivity contribution in [3.63, 3.8) is 0 Å². The number of nitrogens with one attached hydrogen (secondary N) is 1. The highest BCUT2D eigenvalue weighted by Gasteiger charge is 2.12. The van der Waals surface area contributed by atoms with Gasteiger partial charge in [-0.2, -0.15) is 0 Å². The molecule has 2 rings (SSSR count). The molecule has 0 aliphatic heterocycles. The van der Waals surface area contributed by atoms with Crippen LogP contribution in [0.2, 0.25) is 0 Å². The van der Waals surface area contributed by atoms with Crippen LogP contribution in [0.15, 0.2) is 17.6 Å².